The molecule has 0 heterocycles. The summed E-state index contributed by atoms with van der Waals surface area (Å²) in [6.07, 6.45) is 0. The summed E-state index contributed by atoms with van der Waals surface area (Å²) in [5.41, 5.74) is -24.4. The van der Waals surface area contributed by atoms with Gasteiger partial charge in [0.15, 0.2) is 0 Å². The van der Waals surface area contributed by atoms with Gasteiger partial charge in [0.1, 0.15) is 13.3 Å². The summed E-state index contributed by atoms with van der Waals surface area (Å²) in [6.45, 7) is -8.61. The Morgan fingerprint density at radius 2 is 0.923 bits per heavy atom. The van der Waals surface area contributed by atoms with Gasteiger partial charge < -0.3 is 5.11 Å². The lowest BCUT2D eigenvalue weighted by molar-refractivity contribution is -0.483. The first kappa shape index (κ1) is 23.1. The van der Waals surface area contributed by atoms with E-state index < -0.39 is 73.5 Å². The summed E-state index contributed by atoms with van der Waals surface area (Å²) in [4.78, 5) is 0. The Kier molecular flexibility index (Phi) is 4.72. The average molecular weight is 418 g/mol. The van der Waals surface area contributed by atoms with Crippen LogP contribution in [0.2, 0.25) is 0 Å². The quantitative estimate of drug-likeness (QED) is 0.673. The molecule has 1 rings (SSSR count). The van der Waals surface area contributed by atoms with Gasteiger partial charge in [-0.2, -0.15) is 35.1 Å². The maximum atomic E-state index is 14.0. The van der Waals surface area contributed by atoms with Crippen molar-refractivity contribution in [3.8, 4) is 0 Å². The molecule has 1 fully saturated rings. The highest BCUT2D eigenvalue weighted by Gasteiger charge is 3.01. The van der Waals surface area contributed by atoms with Crippen molar-refractivity contribution in [2.75, 3.05) is 13.3 Å². The SMILES string of the molecule is CC1(F)C(F)(F)C(C)(F)C(F)(F)C(O)(C(F)(F)C(F)(CF)CF)C1(F)F. The monoisotopic (exact) mass is 418 g/mol. The average Bonchev–Trinajstić information content (AvgIpc) is 2.50. The maximum absolute atomic E-state index is 14.0. The van der Waals surface area contributed by atoms with Gasteiger partial charge in [0.25, 0.3) is 5.60 Å². The molecule has 0 radical (unpaired) electrons. The summed E-state index contributed by atoms with van der Waals surface area (Å²) in [6, 6.07) is 0. The number of aliphatic hydroxyl groups is 1. The molecule has 0 aromatic heterocycles. The summed E-state index contributed by atoms with van der Waals surface area (Å²) in [5.74, 6) is -27.3. The Bertz CT molecular complexity index is 520. The van der Waals surface area contributed by atoms with Gasteiger partial charge >= 0.3 is 23.7 Å². The van der Waals surface area contributed by atoms with Gasteiger partial charge in [0.05, 0.1) is 0 Å². The molecule has 0 saturated heterocycles. The Morgan fingerprint density at radius 1 is 0.654 bits per heavy atom. The van der Waals surface area contributed by atoms with Crippen LogP contribution in [0.3, 0.4) is 0 Å². The second kappa shape index (κ2) is 5.31. The van der Waals surface area contributed by atoms with Gasteiger partial charge in [0, 0.05) is 0 Å². The van der Waals surface area contributed by atoms with Gasteiger partial charge in [-0.1, -0.05) is 0 Å². The van der Waals surface area contributed by atoms with Crippen LogP contribution in [0.15, 0.2) is 0 Å². The largest absolute Gasteiger partial charge is 0.373 e. The molecule has 0 aromatic rings. The summed E-state index contributed by atoms with van der Waals surface area (Å²) >= 11 is 0. The van der Waals surface area contributed by atoms with E-state index in [0.717, 1.165) is 0 Å². The molecule has 14 heteroatoms. The van der Waals surface area contributed by atoms with Crippen molar-refractivity contribution in [2.24, 2.45) is 0 Å². The topological polar surface area (TPSA) is 20.2 Å². The molecule has 0 amide bonds. The van der Waals surface area contributed by atoms with E-state index in [4.69, 9.17) is 0 Å². The van der Waals surface area contributed by atoms with Gasteiger partial charge in [-0.05, 0) is 13.8 Å². The fraction of sp³-hybridized carbons (Fsp3) is 1.00. The second-order valence-corrected chi connectivity index (χ2v) is 6.25. The summed E-state index contributed by atoms with van der Waals surface area (Å²) in [7, 11) is 0. The lowest BCUT2D eigenvalue weighted by Crippen LogP contribution is -2.91. The van der Waals surface area contributed by atoms with Crippen LogP contribution in [-0.4, -0.2) is 64.8 Å². The van der Waals surface area contributed by atoms with Gasteiger partial charge in [0.2, 0.25) is 17.0 Å². The Labute approximate surface area is 137 Å². The van der Waals surface area contributed by atoms with Crippen LogP contribution in [-0.2, 0) is 0 Å². The van der Waals surface area contributed by atoms with Crippen molar-refractivity contribution in [3.63, 3.8) is 0 Å². The smallest absolute Gasteiger partial charge is 0.327 e. The van der Waals surface area contributed by atoms with Gasteiger partial charge in [-0.25, -0.2) is 22.0 Å². The highest BCUT2D eigenvalue weighted by atomic mass is 19.3. The van der Waals surface area contributed by atoms with E-state index in [1.165, 1.54) is 0 Å². The van der Waals surface area contributed by atoms with Gasteiger partial charge in [-0.15, -0.1) is 0 Å². The van der Waals surface area contributed by atoms with Crippen LogP contribution in [0.1, 0.15) is 13.8 Å². The molecule has 26 heavy (non-hydrogen) atoms. The lowest BCUT2D eigenvalue weighted by atomic mass is 9.58. The van der Waals surface area contributed by atoms with E-state index in [2.05, 4.69) is 0 Å². The Morgan fingerprint density at radius 3 is 1.15 bits per heavy atom. The molecule has 0 spiro atoms. The first-order valence-corrected chi connectivity index (χ1v) is 6.54. The Hall–Kier alpha value is -0.950. The van der Waals surface area contributed by atoms with Crippen LogP contribution in [0.4, 0.5) is 57.1 Å². The minimum absolute atomic E-state index is 0.994. The number of rotatable bonds is 4. The highest BCUT2D eigenvalue weighted by molar-refractivity contribution is 5.34. The Balaban J connectivity index is 4.05. The normalized spacial score (nSPS) is 39.7. The second-order valence-electron chi connectivity index (χ2n) is 6.25. The standard InChI is InChI=1S/C12H11F13O/c1-5(15)9(18,19)6(2,16)11(22,23)8(26,10(5,20)21)12(24,25)7(17,3-13)4-14/h26H,3-4H2,1-2H3. The predicted molar refractivity (Wildman–Crippen MR) is 59.6 cm³/mol. The first-order valence-electron chi connectivity index (χ1n) is 6.54. The van der Waals surface area contributed by atoms with Crippen LogP contribution < -0.4 is 0 Å². The molecule has 0 aliphatic heterocycles. The van der Waals surface area contributed by atoms with Crippen molar-refractivity contribution in [3.05, 3.63) is 0 Å². The van der Waals surface area contributed by atoms with Crippen molar-refractivity contribution in [1.82, 2.24) is 0 Å². The molecule has 156 valence electrons. The van der Waals surface area contributed by atoms with Crippen LogP contribution in [0.25, 0.3) is 0 Å². The fourth-order valence-electron chi connectivity index (χ4n) is 2.63. The third kappa shape index (κ3) is 1.89. The third-order valence-corrected chi connectivity index (χ3v) is 4.71. The number of hydrogen-bond acceptors (Lipinski definition) is 1. The summed E-state index contributed by atoms with van der Waals surface area (Å²) < 4.78 is 178. The minimum Gasteiger partial charge on any atom is -0.373 e. The molecular formula is C12H11F13O. The maximum Gasteiger partial charge on any atom is 0.327 e. The number of alkyl halides is 13. The molecule has 0 aromatic carbocycles. The number of halogens is 13. The zero-order chi connectivity index (χ0) is 21.4. The molecule has 1 aliphatic carbocycles. The van der Waals surface area contributed by atoms with Crippen LogP contribution in [0, 0.1) is 0 Å². The van der Waals surface area contributed by atoms with E-state index >= 15 is 0 Å². The van der Waals surface area contributed by atoms with Crippen molar-refractivity contribution >= 4 is 0 Å². The fourth-order valence-corrected chi connectivity index (χ4v) is 2.63. The predicted octanol–water partition coefficient (Wildman–Crippen LogP) is 4.38. The van der Waals surface area contributed by atoms with E-state index in [9.17, 15) is 62.2 Å². The zero-order valence-corrected chi connectivity index (χ0v) is 12.8. The molecule has 2 atom stereocenters. The van der Waals surface area contributed by atoms with Gasteiger partial charge in [-0.3, -0.25) is 0 Å². The first-order chi connectivity index (χ1) is 11.1. The lowest BCUT2D eigenvalue weighted by Gasteiger charge is -2.60. The van der Waals surface area contributed by atoms with E-state index in [-0.39, 0.29) is 0 Å². The van der Waals surface area contributed by atoms with Crippen molar-refractivity contribution < 1.29 is 62.2 Å². The molecular weight excluding hydrogens is 407 g/mol. The number of hydrogen-bond donors (Lipinski definition) is 1. The van der Waals surface area contributed by atoms with Crippen LogP contribution in [0.5, 0.6) is 0 Å². The van der Waals surface area contributed by atoms with Crippen LogP contribution >= 0.6 is 0 Å². The zero-order valence-electron chi connectivity index (χ0n) is 12.8. The molecule has 1 N–H and O–H groups in total. The van der Waals surface area contributed by atoms with E-state index in [0.29, 0.717) is 0 Å². The van der Waals surface area contributed by atoms with E-state index in [1.54, 1.807) is 0 Å². The molecule has 1 saturated carbocycles. The van der Waals surface area contributed by atoms with Crippen molar-refractivity contribution in [2.45, 2.75) is 60.1 Å². The van der Waals surface area contributed by atoms with E-state index in [1.807, 2.05) is 0 Å². The highest BCUT2D eigenvalue weighted by Crippen LogP contribution is 2.71. The molecule has 0 bridgehead atoms. The summed E-state index contributed by atoms with van der Waals surface area (Å²) in [5, 5.41) is 9.32. The minimum atomic E-state index is -6.98. The molecule has 2 unspecified atom stereocenters. The third-order valence-electron chi connectivity index (χ3n) is 4.71. The molecule has 1 nitrogen and oxygen atoms in total. The van der Waals surface area contributed by atoms with Crippen molar-refractivity contribution in [1.29, 1.82) is 0 Å². The molecule has 1 aliphatic rings.